The summed E-state index contributed by atoms with van der Waals surface area (Å²) < 4.78 is 46.3. The second-order valence-corrected chi connectivity index (χ2v) is 8.80. The number of morpholine rings is 1. The van der Waals surface area contributed by atoms with Crippen LogP contribution in [-0.4, -0.2) is 62.9 Å². The molecule has 1 aliphatic carbocycles. The van der Waals surface area contributed by atoms with Gasteiger partial charge in [-0.1, -0.05) is 19.3 Å². The molecule has 0 radical (unpaired) electrons. The van der Waals surface area contributed by atoms with E-state index in [1.54, 1.807) is 11.9 Å². The zero-order valence-electron chi connectivity index (χ0n) is 15.0. The predicted octanol–water partition coefficient (Wildman–Crippen LogP) is 2.25. The topological polar surface area (TPSA) is 66.9 Å². The average Bonchev–Trinajstić information content (AvgIpc) is 2.68. The number of sulfonamides is 1. The summed E-state index contributed by atoms with van der Waals surface area (Å²) in [5.74, 6) is -1.16. The number of hydrogen-bond acceptors (Lipinski definition) is 4. The standard InChI is InChI=1S/C18H25FN2O4S/c1-20(14-5-3-2-4-6-14)18(22)16-13-15(7-8-17(16)19)26(23,24)21-9-11-25-12-10-21/h7-8,13-14H,2-6,9-12H2,1H3. The summed E-state index contributed by atoms with van der Waals surface area (Å²) >= 11 is 0. The van der Waals surface area contributed by atoms with Gasteiger partial charge >= 0.3 is 0 Å². The van der Waals surface area contributed by atoms with Gasteiger partial charge in [0.25, 0.3) is 5.91 Å². The van der Waals surface area contributed by atoms with Crippen molar-refractivity contribution in [3.8, 4) is 0 Å². The molecular weight excluding hydrogens is 359 g/mol. The molecular formula is C18H25FN2O4S. The number of nitrogens with zero attached hydrogens (tertiary/aromatic N) is 2. The minimum Gasteiger partial charge on any atom is -0.379 e. The van der Waals surface area contributed by atoms with Crippen molar-refractivity contribution < 1.29 is 22.3 Å². The van der Waals surface area contributed by atoms with Crippen molar-refractivity contribution in [1.82, 2.24) is 9.21 Å². The molecule has 1 aliphatic heterocycles. The molecule has 0 bridgehead atoms. The summed E-state index contributed by atoms with van der Waals surface area (Å²) in [6.45, 7) is 1.17. The van der Waals surface area contributed by atoms with Gasteiger partial charge in [-0.05, 0) is 31.0 Å². The molecule has 0 spiro atoms. The summed E-state index contributed by atoms with van der Waals surface area (Å²) in [6, 6.07) is 3.53. The fraction of sp³-hybridized carbons (Fsp3) is 0.611. The number of ether oxygens (including phenoxy) is 1. The van der Waals surface area contributed by atoms with E-state index in [1.807, 2.05) is 0 Å². The minimum atomic E-state index is -3.77. The highest BCUT2D eigenvalue weighted by atomic mass is 32.2. The molecule has 2 fully saturated rings. The van der Waals surface area contributed by atoms with E-state index in [-0.39, 0.29) is 29.6 Å². The molecule has 6 nitrogen and oxygen atoms in total. The van der Waals surface area contributed by atoms with E-state index < -0.39 is 21.7 Å². The van der Waals surface area contributed by atoms with Crippen LogP contribution in [0.1, 0.15) is 42.5 Å². The lowest BCUT2D eigenvalue weighted by atomic mass is 9.94. The minimum absolute atomic E-state index is 0.0544. The van der Waals surface area contributed by atoms with Gasteiger partial charge < -0.3 is 9.64 Å². The van der Waals surface area contributed by atoms with Crippen molar-refractivity contribution in [1.29, 1.82) is 0 Å². The average molecular weight is 384 g/mol. The highest BCUT2D eigenvalue weighted by Gasteiger charge is 2.30. The van der Waals surface area contributed by atoms with E-state index in [2.05, 4.69) is 0 Å². The van der Waals surface area contributed by atoms with Gasteiger partial charge in [0, 0.05) is 26.2 Å². The smallest absolute Gasteiger partial charge is 0.256 e. The molecule has 1 amide bonds. The molecule has 1 aromatic carbocycles. The van der Waals surface area contributed by atoms with Gasteiger partial charge in [-0.15, -0.1) is 0 Å². The van der Waals surface area contributed by atoms with E-state index >= 15 is 0 Å². The van der Waals surface area contributed by atoms with Crippen molar-refractivity contribution in [3.63, 3.8) is 0 Å². The van der Waals surface area contributed by atoms with E-state index in [4.69, 9.17) is 4.74 Å². The van der Waals surface area contributed by atoms with Crippen LogP contribution in [0.2, 0.25) is 0 Å². The van der Waals surface area contributed by atoms with Gasteiger partial charge in [0.15, 0.2) is 0 Å². The largest absolute Gasteiger partial charge is 0.379 e. The Morgan fingerprint density at radius 2 is 1.85 bits per heavy atom. The quantitative estimate of drug-likeness (QED) is 0.799. The first-order chi connectivity index (χ1) is 12.4. The van der Waals surface area contributed by atoms with Crippen LogP contribution in [0.5, 0.6) is 0 Å². The molecule has 26 heavy (non-hydrogen) atoms. The van der Waals surface area contributed by atoms with Gasteiger partial charge in [0.2, 0.25) is 10.0 Å². The van der Waals surface area contributed by atoms with Crippen molar-refractivity contribution in [2.24, 2.45) is 0 Å². The number of carbonyl (C=O) groups excluding carboxylic acids is 1. The fourth-order valence-electron chi connectivity index (χ4n) is 3.59. The highest BCUT2D eigenvalue weighted by molar-refractivity contribution is 7.89. The Labute approximate surface area is 154 Å². The maximum Gasteiger partial charge on any atom is 0.256 e. The molecule has 144 valence electrons. The Hall–Kier alpha value is -1.51. The van der Waals surface area contributed by atoms with Crippen LogP contribution in [-0.2, 0) is 14.8 Å². The first-order valence-electron chi connectivity index (χ1n) is 9.06. The van der Waals surface area contributed by atoms with Crippen LogP contribution in [0.4, 0.5) is 4.39 Å². The van der Waals surface area contributed by atoms with Crippen LogP contribution in [0.15, 0.2) is 23.1 Å². The Balaban J connectivity index is 1.86. The monoisotopic (exact) mass is 384 g/mol. The lowest BCUT2D eigenvalue weighted by Crippen LogP contribution is -2.41. The van der Waals surface area contributed by atoms with E-state index in [0.717, 1.165) is 38.2 Å². The molecule has 1 saturated heterocycles. The summed E-state index contributed by atoms with van der Waals surface area (Å²) in [5.41, 5.74) is -0.188. The van der Waals surface area contributed by atoms with Gasteiger partial charge in [0.1, 0.15) is 5.82 Å². The molecule has 1 heterocycles. The zero-order valence-corrected chi connectivity index (χ0v) is 15.8. The van der Waals surface area contributed by atoms with E-state index in [9.17, 15) is 17.6 Å². The van der Waals surface area contributed by atoms with Crippen LogP contribution in [0.3, 0.4) is 0 Å². The normalized spacial score (nSPS) is 20.1. The Kier molecular flexibility index (Phi) is 5.94. The summed E-state index contributed by atoms with van der Waals surface area (Å²) in [4.78, 5) is 14.3. The highest BCUT2D eigenvalue weighted by Crippen LogP contribution is 2.25. The fourth-order valence-corrected chi connectivity index (χ4v) is 5.02. The number of amides is 1. The molecule has 1 saturated carbocycles. The molecule has 0 aromatic heterocycles. The van der Waals surface area contributed by atoms with Crippen molar-refractivity contribution in [2.45, 2.75) is 43.0 Å². The first kappa shape index (κ1) is 19.3. The second-order valence-electron chi connectivity index (χ2n) is 6.87. The Morgan fingerprint density at radius 1 is 1.19 bits per heavy atom. The van der Waals surface area contributed by atoms with Crippen molar-refractivity contribution >= 4 is 15.9 Å². The third-order valence-electron chi connectivity index (χ3n) is 5.22. The second kappa shape index (κ2) is 8.02. The predicted molar refractivity (Wildman–Crippen MR) is 94.9 cm³/mol. The third kappa shape index (κ3) is 3.92. The van der Waals surface area contributed by atoms with Crippen molar-refractivity contribution in [2.75, 3.05) is 33.4 Å². The summed E-state index contributed by atoms with van der Waals surface area (Å²) in [5, 5.41) is 0. The lowest BCUT2D eigenvalue weighted by Gasteiger charge is -2.31. The van der Waals surface area contributed by atoms with Crippen molar-refractivity contribution in [3.05, 3.63) is 29.6 Å². The van der Waals surface area contributed by atoms with Gasteiger partial charge in [-0.3, -0.25) is 4.79 Å². The summed E-state index contributed by atoms with van der Waals surface area (Å²) in [6.07, 6.45) is 5.05. The van der Waals surface area contributed by atoms with E-state index in [1.165, 1.54) is 16.4 Å². The van der Waals surface area contributed by atoms with Gasteiger partial charge in [-0.25, -0.2) is 12.8 Å². The Morgan fingerprint density at radius 3 is 2.50 bits per heavy atom. The van der Waals surface area contributed by atoms with Crippen LogP contribution < -0.4 is 0 Å². The number of rotatable bonds is 4. The third-order valence-corrected chi connectivity index (χ3v) is 7.11. The SMILES string of the molecule is CN(C(=O)c1cc(S(=O)(=O)N2CCOCC2)ccc1F)C1CCCCC1. The molecule has 2 aliphatic rings. The maximum absolute atomic E-state index is 14.3. The van der Waals surface area contributed by atoms with Crippen LogP contribution >= 0.6 is 0 Å². The lowest BCUT2D eigenvalue weighted by molar-refractivity contribution is 0.0690. The van der Waals surface area contributed by atoms with Crippen LogP contribution in [0.25, 0.3) is 0 Å². The van der Waals surface area contributed by atoms with Gasteiger partial charge in [-0.2, -0.15) is 4.31 Å². The molecule has 0 unspecified atom stereocenters. The molecule has 8 heteroatoms. The Bertz CT molecular complexity index is 756. The molecule has 3 rings (SSSR count). The zero-order chi connectivity index (χ0) is 18.7. The molecule has 0 N–H and O–H groups in total. The first-order valence-corrected chi connectivity index (χ1v) is 10.5. The molecule has 1 aromatic rings. The number of halogens is 1. The number of benzene rings is 1. The van der Waals surface area contributed by atoms with Crippen LogP contribution in [0, 0.1) is 5.82 Å². The van der Waals surface area contributed by atoms with Gasteiger partial charge in [0.05, 0.1) is 23.7 Å². The maximum atomic E-state index is 14.3. The number of hydrogen-bond donors (Lipinski definition) is 0. The van der Waals surface area contributed by atoms with E-state index in [0.29, 0.717) is 13.2 Å². The summed E-state index contributed by atoms with van der Waals surface area (Å²) in [7, 11) is -2.10. The molecule has 0 atom stereocenters. The number of carbonyl (C=O) groups is 1.